The highest BCUT2D eigenvalue weighted by Gasteiger charge is 2.34. The summed E-state index contributed by atoms with van der Waals surface area (Å²) in [4.78, 5) is 21.8. The molecule has 88 valence electrons. The van der Waals surface area contributed by atoms with E-state index in [1.165, 1.54) is 6.92 Å². The summed E-state index contributed by atoms with van der Waals surface area (Å²) in [5.41, 5.74) is 0. The molecule has 0 saturated heterocycles. The Morgan fingerprint density at radius 3 is 2.20 bits per heavy atom. The van der Waals surface area contributed by atoms with E-state index in [0.717, 1.165) is 0 Å². The highest BCUT2D eigenvalue weighted by Crippen LogP contribution is 2.29. The summed E-state index contributed by atoms with van der Waals surface area (Å²) in [6.45, 7) is 3.04. The van der Waals surface area contributed by atoms with Crippen molar-refractivity contribution in [2.45, 2.75) is 23.8 Å². The molecule has 0 saturated carbocycles. The van der Waals surface area contributed by atoms with Crippen LogP contribution in [0.2, 0.25) is 0 Å². The molecule has 0 aromatic rings. The Kier molecular flexibility index (Phi) is 6.09. The van der Waals surface area contributed by atoms with Crippen LogP contribution in [0.3, 0.4) is 0 Å². The molecule has 0 aliphatic heterocycles. The third kappa shape index (κ3) is 6.65. The van der Waals surface area contributed by atoms with Crippen molar-refractivity contribution in [1.82, 2.24) is 10.6 Å². The Hall–Kier alpha value is -0.390. The van der Waals surface area contributed by atoms with E-state index in [9.17, 15) is 9.59 Å². The molecule has 5 nitrogen and oxygen atoms in total. The molecule has 0 rings (SSSR count). The number of alkyl carbamates (subject to hydrolysis) is 1. The molecule has 1 unspecified atom stereocenters. The van der Waals surface area contributed by atoms with Crippen LogP contribution in [0.15, 0.2) is 0 Å². The summed E-state index contributed by atoms with van der Waals surface area (Å²) < 4.78 is 2.72. The van der Waals surface area contributed by atoms with Gasteiger partial charge in [0.1, 0.15) is 0 Å². The maximum absolute atomic E-state index is 11.0. The predicted octanol–water partition coefficient (Wildman–Crippen LogP) is 1.56. The first kappa shape index (κ1) is 14.6. The van der Waals surface area contributed by atoms with Gasteiger partial charge >= 0.3 is 6.09 Å². The number of rotatable bonds is 3. The van der Waals surface area contributed by atoms with Crippen molar-refractivity contribution < 1.29 is 14.3 Å². The Morgan fingerprint density at radius 1 is 1.33 bits per heavy atom. The van der Waals surface area contributed by atoms with Gasteiger partial charge in [0.25, 0.3) is 0 Å². The summed E-state index contributed by atoms with van der Waals surface area (Å²) in [7, 11) is 0. The van der Waals surface area contributed by atoms with Crippen molar-refractivity contribution in [2.75, 3.05) is 6.61 Å². The van der Waals surface area contributed by atoms with Crippen molar-refractivity contribution in [1.29, 1.82) is 0 Å². The van der Waals surface area contributed by atoms with Crippen molar-refractivity contribution in [3.8, 4) is 0 Å². The van der Waals surface area contributed by atoms with Crippen LogP contribution in [0.25, 0.3) is 0 Å². The molecule has 0 aliphatic carbocycles. The molecular formula is C7H11Cl3N2O3. The molecule has 15 heavy (non-hydrogen) atoms. The molecule has 0 fully saturated rings. The number of ether oxygens (including phenoxy) is 1. The van der Waals surface area contributed by atoms with Gasteiger partial charge in [-0.1, -0.05) is 34.8 Å². The predicted molar refractivity (Wildman–Crippen MR) is 58.1 cm³/mol. The maximum Gasteiger partial charge on any atom is 0.408 e. The lowest BCUT2D eigenvalue weighted by Gasteiger charge is -2.25. The van der Waals surface area contributed by atoms with Gasteiger partial charge in [0.2, 0.25) is 9.70 Å². The van der Waals surface area contributed by atoms with Gasteiger partial charge in [0.15, 0.2) is 6.17 Å². The van der Waals surface area contributed by atoms with Crippen LogP contribution in [0, 0.1) is 0 Å². The third-order valence-electron chi connectivity index (χ3n) is 1.21. The van der Waals surface area contributed by atoms with Crippen LogP contribution in [0.4, 0.5) is 4.79 Å². The van der Waals surface area contributed by atoms with Crippen molar-refractivity contribution >= 4 is 46.8 Å². The Bertz CT molecular complexity index is 242. The van der Waals surface area contributed by atoms with Crippen LogP contribution >= 0.6 is 34.8 Å². The fourth-order valence-corrected chi connectivity index (χ4v) is 1.02. The molecule has 2 amide bonds. The van der Waals surface area contributed by atoms with E-state index in [-0.39, 0.29) is 6.61 Å². The minimum Gasteiger partial charge on any atom is -0.450 e. The fraction of sp³-hybridized carbons (Fsp3) is 0.714. The Labute approximate surface area is 102 Å². The number of alkyl halides is 3. The lowest BCUT2D eigenvalue weighted by molar-refractivity contribution is -0.119. The van der Waals surface area contributed by atoms with Gasteiger partial charge in [-0.15, -0.1) is 0 Å². The van der Waals surface area contributed by atoms with Crippen LogP contribution in [-0.2, 0) is 9.53 Å². The van der Waals surface area contributed by atoms with Crippen molar-refractivity contribution in [2.24, 2.45) is 0 Å². The zero-order chi connectivity index (χ0) is 12.1. The molecule has 8 heteroatoms. The first-order chi connectivity index (χ1) is 6.77. The fourth-order valence-electron chi connectivity index (χ4n) is 0.694. The van der Waals surface area contributed by atoms with Crippen molar-refractivity contribution in [3.05, 3.63) is 0 Å². The van der Waals surface area contributed by atoms with E-state index in [4.69, 9.17) is 34.8 Å². The number of amides is 2. The third-order valence-corrected chi connectivity index (χ3v) is 1.87. The highest BCUT2D eigenvalue weighted by molar-refractivity contribution is 6.68. The van der Waals surface area contributed by atoms with Crippen LogP contribution < -0.4 is 10.6 Å². The maximum atomic E-state index is 11.0. The van der Waals surface area contributed by atoms with E-state index >= 15 is 0 Å². The number of carbonyl (C=O) groups is 2. The average molecular weight is 278 g/mol. The normalized spacial score (nSPS) is 12.9. The van der Waals surface area contributed by atoms with Crippen LogP contribution in [0.1, 0.15) is 13.8 Å². The molecule has 0 heterocycles. The van der Waals surface area contributed by atoms with Gasteiger partial charge in [-0.25, -0.2) is 4.79 Å². The lowest BCUT2D eigenvalue weighted by atomic mass is 10.5. The molecule has 1 atom stereocenters. The van der Waals surface area contributed by atoms with Crippen molar-refractivity contribution in [3.63, 3.8) is 0 Å². The number of carbonyl (C=O) groups excluding carboxylic acids is 2. The second kappa shape index (κ2) is 6.25. The minimum absolute atomic E-state index is 0.179. The first-order valence-electron chi connectivity index (χ1n) is 4.04. The summed E-state index contributed by atoms with van der Waals surface area (Å²) >= 11 is 16.6. The molecule has 2 N–H and O–H groups in total. The van der Waals surface area contributed by atoms with Gasteiger partial charge in [-0.05, 0) is 6.92 Å². The smallest absolute Gasteiger partial charge is 0.408 e. The summed E-state index contributed by atoms with van der Waals surface area (Å²) in [6.07, 6.45) is -1.92. The van der Waals surface area contributed by atoms with Gasteiger partial charge in [-0.2, -0.15) is 0 Å². The van der Waals surface area contributed by atoms with Crippen LogP contribution in [-0.4, -0.2) is 28.6 Å². The minimum atomic E-state index is -1.85. The van der Waals surface area contributed by atoms with E-state index in [1.54, 1.807) is 6.92 Å². The zero-order valence-electron chi connectivity index (χ0n) is 8.14. The Balaban J connectivity index is 4.38. The van der Waals surface area contributed by atoms with Gasteiger partial charge < -0.3 is 10.1 Å². The van der Waals surface area contributed by atoms with Crippen LogP contribution in [0.5, 0.6) is 0 Å². The van der Waals surface area contributed by atoms with Gasteiger partial charge in [-0.3, -0.25) is 10.1 Å². The zero-order valence-corrected chi connectivity index (χ0v) is 10.4. The second-order valence-electron chi connectivity index (χ2n) is 2.54. The number of halogens is 3. The number of hydrogen-bond acceptors (Lipinski definition) is 3. The quantitative estimate of drug-likeness (QED) is 0.608. The molecule has 0 aromatic heterocycles. The van der Waals surface area contributed by atoms with E-state index in [2.05, 4.69) is 15.4 Å². The molecule has 0 radical (unpaired) electrons. The largest absolute Gasteiger partial charge is 0.450 e. The first-order valence-corrected chi connectivity index (χ1v) is 5.18. The SMILES string of the molecule is CCOC(=O)NC(NC(C)=O)C(Cl)(Cl)Cl. The van der Waals surface area contributed by atoms with E-state index < -0.39 is 22.0 Å². The number of hydrogen-bond donors (Lipinski definition) is 2. The molecule has 0 bridgehead atoms. The lowest BCUT2D eigenvalue weighted by Crippen LogP contribution is -2.54. The molecule has 0 aromatic carbocycles. The summed E-state index contributed by atoms with van der Waals surface area (Å²) in [5, 5.41) is 4.46. The molecule has 0 aliphatic rings. The van der Waals surface area contributed by atoms with Gasteiger partial charge in [0.05, 0.1) is 6.61 Å². The second-order valence-corrected chi connectivity index (χ2v) is 4.91. The standard InChI is InChI=1S/C7H11Cl3N2O3/c1-3-15-6(14)12-5(7(8,9)10)11-4(2)13/h5H,3H2,1-2H3,(H,11,13)(H,12,14). The summed E-state index contributed by atoms with van der Waals surface area (Å²) in [6, 6.07) is 0. The van der Waals surface area contributed by atoms with E-state index in [0.29, 0.717) is 0 Å². The highest BCUT2D eigenvalue weighted by atomic mass is 35.6. The Morgan fingerprint density at radius 2 is 1.87 bits per heavy atom. The molecule has 0 spiro atoms. The monoisotopic (exact) mass is 276 g/mol. The molecular weight excluding hydrogens is 266 g/mol. The number of nitrogens with one attached hydrogen (secondary N) is 2. The van der Waals surface area contributed by atoms with Gasteiger partial charge in [0, 0.05) is 6.92 Å². The van der Waals surface area contributed by atoms with E-state index in [1.807, 2.05) is 0 Å². The average Bonchev–Trinajstić information content (AvgIpc) is 2.00. The topological polar surface area (TPSA) is 67.4 Å². The summed E-state index contributed by atoms with van der Waals surface area (Å²) in [5.74, 6) is -0.442.